The minimum absolute atomic E-state index is 0.0107. The molecule has 0 spiro atoms. The Kier molecular flexibility index (Phi) is 8.14. The molecule has 0 bridgehead atoms. The van der Waals surface area contributed by atoms with Crippen LogP contribution in [-0.4, -0.2) is 52.8 Å². The zero-order valence-corrected chi connectivity index (χ0v) is 17.3. The number of nitrogens with one attached hydrogen (secondary N) is 1. The zero-order chi connectivity index (χ0) is 20.5. The van der Waals surface area contributed by atoms with Crippen LogP contribution in [0.1, 0.15) is 23.6 Å². The largest absolute Gasteiger partial charge is 0.493 e. The highest BCUT2D eigenvalue weighted by Gasteiger charge is 2.16. The lowest BCUT2D eigenvalue weighted by atomic mass is 10.1. The second kappa shape index (κ2) is 10.6. The van der Waals surface area contributed by atoms with Crippen molar-refractivity contribution in [1.82, 2.24) is 10.2 Å². The van der Waals surface area contributed by atoms with Crippen molar-refractivity contribution in [3.8, 4) is 17.2 Å². The molecule has 0 saturated carbocycles. The van der Waals surface area contributed by atoms with E-state index in [-0.39, 0.29) is 11.9 Å². The van der Waals surface area contributed by atoms with Crippen LogP contribution in [0, 0.1) is 0 Å². The Labute approximate surface area is 167 Å². The minimum Gasteiger partial charge on any atom is -0.493 e. The number of carbonyl (C=O) groups is 1. The fourth-order valence-electron chi connectivity index (χ4n) is 3.11. The van der Waals surface area contributed by atoms with Crippen LogP contribution < -0.4 is 19.5 Å². The molecule has 0 saturated heterocycles. The average Bonchev–Trinajstić information content (AvgIpc) is 2.71. The number of rotatable bonds is 10. The van der Waals surface area contributed by atoms with Gasteiger partial charge in [0.15, 0.2) is 11.5 Å². The number of carbonyl (C=O) groups excluding carboxylic acids is 1. The number of aryl methyl sites for hydroxylation is 1. The Morgan fingerprint density at radius 3 is 2.11 bits per heavy atom. The molecule has 28 heavy (non-hydrogen) atoms. The van der Waals surface area contributed by atoms with Crippen LogP contribution in [0.4, 0.5) is 0 Å². The van der Waals surface area contributed by atoms with E-state index >= 15 is 0 Å². The van der Waals surface area contributed by atoms with E-state index in [0.717, 1.165) is 5.56 Å². The van der Waals surface area contributed by atoms with Gasteiger partial charge in [-0.1, -0.05) is 30.3 Å². The van der Waals surface area contributed by atoms with Crippen molar-refractivity contribution < 1.29 is 19.0 Å². The van der Waals surface area contributed by atoms with Crippen LogP contribution in [0.5, 0.6) is 17.2 Å². The highest BCUT2D eigenvalue weighted by Crippen LogP contribution is 2.38. The third-order valence-corrected chi connectivity index (χ3v) is 4.67. The molecule has 0 fully saturated rings. The molecule has 2 aromatic rings. The molecule has 0 aliphatic heterocycles. The van der Waals surface area contributed by atoms with Crippen molar-refractivity contribution in [2.24, 2.45) is 0 Å². The fourth-order valence-corrected chi connectivity index (χ4v) is 3.11. The maximum atomic E-state index is 12.4. The van der Waals surface area contributed by atoms with Crippen molar-refractivity contribution in [2.45, 2.75) is 18.9 Å². The summed E-state index contributed by atoms with van der Waals surface area (Å²) in [7, 11) is 8.76. The molecule has 152 valence electrons. The summed E-state index contributed by atoms with van der Waals surface area (Å²) in [6, 6.07) is 14.1. The van der Waals surface area contributed by atoms with Crippen molar-refractivity contribution in [3.63, 3.8) is 0 Å². The molecule has 1 N–H and O–H groups in total. The second-order valence-corrected chi connectivity index (χ2v) is 6.73. The highest BCUT2D eigenvalue weighted by atomic mass is 16.5. The van der Waals surface area contributed by atoms with Gasteiger partial charge in [0.1, 0.15) is 0 Å². The first kappa shape index (κ1) is 21.6. The number of ether oxygens (including phenoxy) is 3. The number of hydrogen-bond acceptors (Lipinski definition) is 5. The average molecular weight is 386 g/mol. The van der Waals surface area contributed by atoms with E-state index in [4.69, 9.17) is 14.2 Å². The quantitative estimate of drug-likeness (QED) is 0.680. The maximum absolute atomic E-state index is 12.4. The Morgan fingerprint density at radius 1 is 1.00 bits per heavy atom. The van der Waals surface area contributed by atoms with E-state index in [2.05, 4.69) is 22.3 Å². The van der Waals surface area contributed by atoms with E-state index < -0.39 is 0 Å². The second-order valence-electron chi connectivity index (χ2n) is 6.73. The van der Waals surface area contributed by atoms with Crippen molar-refractivity contribution in [2.75, 3.05) is 42.0 Å². The Balaban J connectivity index is 1.96. The number of amides is 1. The molecule has 0 aliphatic carbocycles. The standard InChI is InChI=1S/C22H30N2O4/c1-24(2)18(17-9-7-6-8-10-17)15-23-21(25)12-11-16-13-19(26-3)22(28-5)20(14-16)27-4/h6-10,13-14,18H,11-12,15H2,1-5H3,(H,23,25). The fraction of sp³-hybridized carbons (Fsp3) is 0.409. The first-order valence-electron chi connectivity index (χ1n) is 9.27. The van der Waals surface area contributed by atoms with Crippen LogP contribution >= 0.6 is 0 Å². The SMILES string of the molecule is COc1cc(CCC(=O)NCC(c2ccccc2)N(C)C)cc(OC)c1OC. The Bertz CT molecular complexity index is 737. The summed E-state index contributed by atoms with van der Waals surface area (Å²) in [6.07, 6.45) is 0.966. The third-order valence-electron chi connectivity index (χ3n) is 4.67. The van der Waals surface area contributed by atoms with Gasteiger partial charge in [-0.05, 0) is 43.8 Å². The van der Waals surface area contributed by atoms with Gasteiger partial charge in [0, 0.05) is 13.0 Å². The molecule has 1 unspecified atom stereocenters. The van der Waals surface area contributed by atoms with Gasteiger partial charge in [-0.25, -0.2) is 0 Å². The Hall–Kier alpha value is -2.73. The minimum atomic E-state index is 0.0107. The lowest BCUT2D eigenvalue weighted by molar-refractivity contribution is -0.121. The van der Waals surface area contributed by atoms with Gasteiger partial charge in [0.2, 0.25) is 11.7 Å². The van der Waals surface area contributed by atoms with Gasteiger partial charge in [-0.2, -0.15) is 0 Å². The summed E-state index contributed by atoms with van der Waals surface area (Å²) in [5.74, 6) is 1.74. The molecular weight excluding hydrogens is 356 g/mol. The van der Waals surface area contributed by atoms with E-state index in [1.165, 1.54) is 5.56 Å². The predicted molar refractivity (Wildman–Crippen MR) is 110 cm³/mol. The van der Waals surface area contributed by atoms with E-state index in [1.807, 2.05) is 44.4 Å². The molecule has 1 atom stereocenters. The summed E-state index contributed by atoms with van der Waals surface area (Å²) >= 11 is 0. The van der Waals surface area contributed by atoms with Gasteiger partial charge in [0.25, 0.3) is 0 Å². The van der Waals surface area contributed by atoms with Gasteiger partial charge < -0.3 is 24.4 Å². The maximum Gasteiger partial charge on any atom is 0.220 e. The van der Waals surface area contributed by atoms with Crippen LogP contribution in [-0.2, 0) is 11.2 Å². The van der Waals surface area contributed by atoms with Gasteiger partial charge in [-0.15, -0.1) is 0 Å². The molecule has 0 aliphatic rings. The van der Waals surface area contributed by atoms with Gasteiger partial charge >= 0.3 is 0 Å². The summed E-state index contributed by atoms with van der Waals surface area (Å²) < 4.78 is 16.1. The van der Waals surface area contributed by atoms with Crippen LogP contribution in [0.25, 0.3) is 0 Å². The molecule has 6 heteroatoms. The molecule has 1 amide bonds. The zero-order valence-electron chi connectivity index (χ0n) is 17.3. The molecule has 0 radical (unpaired) electrons. The molecule has 6 nitrogen and oxygen atoms in total. The third kappa shape index (κ3) is 5.63. The summed E-state index contributed by atoms with van der Waals surface area (Å²) in [5, 5.41) is 3.04. The van der Waals surface area contributed by atoms with Crippen molar-refractivity contribution in [3.05, 3.63) is 53.6 Å². The predicted octanol–water partition coefficient (Wildman–Crippen LogP) is 3.06. The highest BCUT2D eigenvalue weighted by molar-refractivity contribution is 5.76. The van der Waals surface area contributed by atoms with Crippen molar-refractivity contribution >= 4 is 5.91 Å². The molecular formula is C22H30N2O4. The van der Waals surface area contributed by atoms with Crippen LogP contribution in [0.15, 0.2) is 42.5 Å². The lowest BCUT2D eigenvalue weighted by Crippen LogP contribution is -2.34. The van der Waals surface area contributed by atoms with E-state index in [9.17, 15) is 4.79 Å². The van der Waals surface area contributed by atoms with E-state index in [1.54, 1.807) is 21.3 Å². The lowest BCUT2D eigenvalue weighted by Gasteiger charge is -2.25. The molecule has 0 aromatic heterocycles. The summed E-state index contributed by atoms with van der Waals surface area (Å²) in [4.78, 5) is 14.5. The first-order valence-corrected chi connectivity index (χ1v) is 9.27. The summed E-state index contributed by atoms with van der Waals surface area (Å²) in [6.45, 7) is 0.561. The topological polar surface area (TPSA) is 60.0 Å². The van der Waals surface area contributed by atoms with Gasteiger partial charge in [-0.3, -0.25) is 4.79 Å². The Morgan fingerprint density at radius 2 is 1.61 bits per heavy atom. The number of nitrogens with zero attached hydrogens (tertiary/aromatic N) is 1. The van der Waals surface area contributed by atoms with Crippen molar-refractivity contribution in [1.29, 1.82) is 0 Å². The molecule has 2 rings (SSSR count). The first-order chi connectivity index (χ1) is 13.5. The molecule has 2 aromatic carbocycles. The van der Waals surface area contributed by atoms with E-state index in [0.29, 0.717) is 36.6 Å². The number of methoxy groups -OCH3 is 3. The summed E-state index contributed by atoms with van der Waals surface area (Å²) in [5.41, 5.74) is 2.13. The van der Waals surface area contributed by atoms with Crippen LogP contribution in [0.2, 0.25) is 0 Å². The smallest absolute Gasteiger partial charge is 0.220 e. The number of likely N-dealkylation sites (N-methyl/N-ethyl adjacent to an activating group) is 1. The normalized spacial score (nSPS) is 11.8. The molecule has 0 heterocycles. The monoisotopic (exact) mass is 386 g/mol. The van der Waals surface area contributed by atoms with Crippen LogP contribution in [0.3, 0.4) is 0 Å². The number of benzene rings is 2. The van der Waals surface area contributed by atoms with Gasteiger partial charge in [0.05, 0.1) is 27.4 Å². The number of hydrogen-bond donors (Lipinski definition) is 1.